The zero-order valence-electron chi connectivity index (χ0n) is 23.5. The van der Waals surface area contributed by atoms with E-state index in [0.717, 1.165) is 6.07 Å². The van der Waals surface area contributed by atoms with Crippen LogP contribution in [0.4, 0.5) is 13.2 Å². The maximum atomic E-state index is 13.6. The molecule has 5 rings (SSSR count). The Balaban J connectivity index is 1.80. The van der Waals surface area contributed by atoms with Crippen LogP contribution in [-0.4, -0.2) is 38.9 Å². The lowest BCUT2D eigenvalue weighted by molar-refractivity contribution is -0.258. The molecule has 0 amide bonds. The monoisotopic (exact) mass is 662 g/mol. The summed E-state index contributed by atoms with van der Waals surface area (Å²) in [6.07, 6.45) is -3.70. The number of nitrogens with zero attached hydrogens (tertiary/aromatic N) is 1. The highest BCUT2D eigenvalue weighted by atomic mass is 35.5. The second kappa shape index (κ2) is 11.7. The molecule has 0 fully saturated rings. The molecule has 0 aliphatic heterocycles. The first-order valence-corrected chi connectivity index (χ1v) is 15.7. The molecule has 0 spiro atoms. The molecule has 0 radical (unpaired) electrons. The smallest absolute Gasteiger partial charge is 0.421 e. The molecule has 2 atom stereocenters. The van der Waals surface area contributed by atoms with Crippen molar-refractivity contribution in [1.29, 1.82) is 0 Å². The number of benzene rings is 3. The Bertz CT molecular complexity index is 1980. The number of halogens is 4. The number of methoxy groups -OCH3 is 2. The molecule has 7 nitrogen and oxygen atoms in total. The number of aromatic nitrogens is 1. The van der Waals surface area contributed by atoms with Gasteiger partial charge in [0.05, 0.1) is 30.7 Å². The maximum Gasteiger partial charge on any atom is 0.421 e. The van der Waals surface area contributed by atoms with Crippen molar-refractivity contribution in [2.24, 2.45) is 5.14 Å². The van der Waals surface area contributed by atoms with Gasteiger partial charge in [0, 0.05) is 31.9 Å². The van der Waals surface area contributed by atoms with Crippen LogP contribution in [0.15, 0.2) is 83.9 Å². The number of pyridine rings is 1. The number of ether oxygens (including phenoxy) is 2. The second-order valence-electron chi connectivity index (χ2n) is 10.1. The van der Waals surface area contributed by atoms with Gasteiger partial charge in [0.2, 0.25) is 10.0 Å². The van der Waals surface area contributed by atoms with E-state index in [1.807, 2.05) is 12.1 Å². The molecule has 0 unspecified atom stereocenters. The molecule has 0 saturated heterocycles. The molecule has 2 heterocycles. The van der Waals surface area contributed by atoms with Crippen LogP contribution >= 0.6 is 22.9 Å². The Hall–Kier alpha value is -3.68. The van der Waals surface area contributed by atoms with Crippen LogP contribution in [-0.2, 0) is 15.6 Å². The number of hydrogen-bond acceptors (Lipinski definition) is 7. The summed E-state index contributed by atoms with van der Waals surface area (Å²) < 4.78 is 78.6. The summed E-state index contributed by atoms with van der Waals surface area (Å²) in [6, 6.07) is 19.2. The van der Waals surface area contributed by atoms with Gasteiger partial charge in [0.25, 0.3) is 0 Å². The molecule has 5 aromatic rings. The summed E-state index contributed by atoms with van der Waals surface area (Å²) in [6.45, 7) is 0.689. The lowest BCUT2D eigenvalue weighted by atomic mass is 9.88. The standard InChI is InChI=1S/C31H26ClF3N2O5S2/c1-30(38,31(33,34)35)18-13-14-37-22(16-18)20-9-6-7-17-15-24(43-29(17)20)26(19-8-4-5-10-21(19)32)27-25(44(36,39)40)12-11-23(41-2)28(27)42-3/h4-16,26,38H,1-3H3,(H2,36,39,40)/t26-,30-/m1/s1. The van der Waals surface area contributed by atoms with Gasteiger partial charge in [-0.1, -0.05) is 48.0 Å². The minimum atomic E-state index is -4.91. The number of rotatable bonds is 8. The highest BCUT2D eigenvalue weighted by Gasteiger charge is 2.51. The number of nitrogens with two attached hydrogens (primary N) is 1. The summed E-state index contributed by atoms with van der Waals surface area (Å²) >= 11 is 7.98. The first-order valence-electron chi connectivity index (χ1n) is 13.0. The number of alkyl halides is 3. The van der Waals surface area contributed by atoms with Crippen LogP contribution in [0.3, 0.4) is 0 Å². The van der Waals surface area contributed by atoms with Crippen LogP contribution in [0.2, 0.25) is 5.02 Å². The Labute approximate surface area is 260 Å². The van der Waals surface area contributed by atoms with Gasteiger partial charge in [-0.3, -0.25) is 4.98 Å². The number of sulfonamides is 1. The van der Waals surface area contributed by atoms with E-state index in [1.165, 1.54) is 50.0 Å². The Morgan fingerprint density at radius 3 is 2.36 bits per heavy atom. The fourth-order valence-electron chi connectivity index (χ4n) is 5.09. The molecule has 2 aromatic heterocycles. The van der Waals surface area contributed by atoms with Gasteiger partial charge in [0.1, 0.15) is 0 Å². The van der Waals surface area contributed by atoms with E-state index in [2.05, 4.69) is 4.98 Å². The average Bonchev–Trinajstić information content (AvgIpc) is 3.41. The highest BCUT2D eigenvalue weighted by molar-refractivity contribution is 7.89. The van der Waals surface area contributed by atoms with Crippen LogP contribution in [0.1, 0.15) is 34.4 Å². The Kier molecular flexibility index (Phi) is 8.42. The Morgan fingerprint density at radius 2 is 1.73 bits per heavy atom. The summed E-state index contributed by atoms with van der Waals surface area (Å²) in [5.74, 6) is -0.408. The normalized spacial score (nSPS) is 14.3. The predicted octanol–water partition coefficient (Wildman–Crippen LogP) is 7.23. The molecule has 0 aliphatic carbocycles. The van der Waals surface area contributed by atoms with E-state index < -0.39 is 27.7 Å². The third-order valence-corrected chi connectivity index (χ3v) is 9.92. The van der Waals surface area contributed by atoms with Gasteiger partial charge in [-0.2, -0.15) is 13.2 Å². The highest BCUT2D eigenvalue weighted by Crippen LogP contribution is 2.50. The molecular formula is C31H26ClF3N2O5S2. The average molecular weight is 663 g/mol. The SMILES string of the molecule is COc1ccc(S(N)(=O)=O)c([C@@H](c2cc3cccc(-c4cc([C@@](C)(O)C(F)(F)F)ccn4)c3s2)c2ccccc2Cl)c1OC. The lowest BCUT2D eigenvalue weighted by Crippen LogP contribution is -2.39. The topological polar surface area (TPSA) is 112 Å². The zero-order chi connectivity index (χ0) is 32.0. The van der Waals surface area contributed by atoms with Crippen LogP contribution in [0.5, 0.6) is 11.5 Å². The largest absolute Gasteiger partial charge is 0.493 e. The number of hydrogen-bond donors (Lipinski definition) is 2. The van der Waals surface area contributed by atoms with E-state index in [1.54, 1.807) is 36.4 Å². The maximum absolute atomic E-state index is 13.6. The van der Waals surface area contributed by atoms with Gasteiger partial charge in [-0.25, -0.2) is 13.6 Å². The fourth-order valence-corrected chi connectivity index (χ4v) is 7.42. The van der Waals surface area contributed by atoms with Gasteiger partial charge in [0.15, 0.2) is 17.1 Å². The van der Waals surface area contributed by atoms with Crippen molar-refractivity contribution in [3.8, 4) is 22.8 Å². The minimum Gasteiger partial charge on any atom is -0.493 e. The van der Waals surface area contributed by atoms with Crippen LogP contribution in [0.25, 0.3) is 21.3 Å². The number of primary sulfonamides is 1. The molecule has 230 valence electrons. The van der Waals surface area contributed by atoms with Crippen molar-refractivity contribution >= 4 is 43.0 Å². The van der Waals surface area contributed by atoms with Crippen molar-refractivity contribution < 1.29 is 36.2 Å². The molecule has 3 N–H and O–H groups in total. The number of fused-ring (bicyclic) bond motifs is 1. The van der Waals surface area contributed by atoms with Gasteiger partial charge < -0.3 is 14.6 Å². The third kappa shape index (κ3) is 5.64. The molecule has 13 heteroatoms. The van der Waals surface area contributed by atoms with E-state index in [9.17, 15) is 26.7 Å². The van der Waals surface area contributed by atoms with Crippen molar-refractivity contribution in [3.63, 3.8) is 0 Å². The van der Waals surface area contributed by atoms with Gasteiger partial charge >= 0.3 is 6.18 Å². The van der Waals surface area contributed by atoms with Crippen molar-refractivity contribution in [2.75, 3.05) is 14.2 Å². The molecule has 3 aromatic carbocycles. The fraction of sp³-hybridized carbons (Fsp3) is 0.194. The first-order chi connectivity index (χ1) is 20.7. The van der Waals surface area contributed by atoms with E-state index in [0.29, 0.717) is 38.0 Å². The first kappa shape index (κ1) is 31.7. The summed E-state index contributed by atoms with van der Waals surface area (Å²) in [7, 11) is -1.47. The summed E-state index contributed by atoms with van der Waals surface area (Å²) in [5.41, 5.74) is -1.97. The summed E-state index contributed by atoms with van der Waals surface area (Å²) in [5, 5.41) is 17.1. The molecular weight excluding hydrogens is 637 g/mol. The van der Waals surface area contributed by atoms with Crippen LogP contribution in [0, 0.1) is 0 Å². The molecule has 0 saturated carbocycles. The minimum absolute atomic E-state index is 0.144. The zero-order valence-corrected chi connectivity index (χ0v) is 25.9. The van der Waals surface area contributed by atoms with Crippen molar-refractivity contribution in [1.82, 2.24) is 4.98 Å². The molecule has 0 bridgehead atoms. The number of thiophene rings is 1. The van der Waals surface area contributed by atoms with E-state index >= 15 is 0 Å². The Morgan fingerprint density at radius 1 is 1.00 bits per heavy atom. The number of aliphatic hydroxyl groups is 1. The summed E-state index contributed by atoms with van der Waals surface area (Å²) in [4.78, 5) is 4.75. The van der Waals surface area contributed by atoms with Crippen molar-refractivity contribution in [3.05, 3.63) is 106 Å². The van der Waals surface area contributed by atoms with Crippen LogP contribution < -0.4 is 14.6 Å². The third-order valence-electron chi connectivity index (χ3n) is 7.35. The van der Waals surface area contributed by atoms with Gasteiger partial charge in [-0.05, 0) is 59.8 Å². The van der Waals surface area contributed by atoms with E-state index in [4.69, 9.17) is 26.2 Å². The molecule has 0 aliphatic rings. The van der Waals surface area contributed by atoms with E-state index in [-0.39, 0.29) is 33.2 Å². The quantitative estimate of drug-likeness (QED) is 0.181. The second-order valence-corrected chi connectivity index (χ2v) is 13.1. The molecule has 44 heavy (non-hydrogen) atoms. The lowest BCUT2D eigenvalue weighted by Gasteiger charge is -2.26. The predicted molar refractivity (Wildman–Crippen MR) is 164 cm³/mol. The van der Waals surface area contributed by atoms with Gasteiger partial charge in [-0.15, -0.1) is 11.3 Å². The van der Waals surface area contributed by atoms with Crippen molar-refractivity contribution in [2.45, 2.75) is 29.5 Å².